The van der Waals surface area contributed by atoms with Crippen molar-refractivity contribution in [2.24, 2.45) is 0 Å². The van der Waals surface area contributed by atoms with E-state index in [1.165, 1.54) is 0 Å². The van der Waals surface area contributed by atoms with E-state index in [0.29, 0.717) is 17.7 Å². The van der Waals surface area contributed by atoms with Crippen LogP contribution in [0.4, 0.5) is 0 Å². The molecule has 5 heteroatoms. The van der Waals surface area contributed by atoms with E-state index < -0.39 is 21.2 Å². The molecule has 0 aromatic heterocycles. The summed E-state index contributed by atoms with van der Waals surface area (Å²) in [5.41, 5.74) is 2.36. The van der Waals surface area contributed by atoms with Gasteiger partial charge in [0.05, 0.1) is 23.4 Å². The van der Waals surface area contributed by atoms with Crippen LogP contribution < -0.4 is 4.74 Å². The number of ether oxygens (including phenoxy) is 1. The average Bonchev–Trinajstić information content (AvgIpc) is 2.80. The SMILES string of the molecule is COc1ccc(C2CC(O)C(c3ccccc3)=CC2S(=O)(=O)c2ccccc2)cc1. The third-order valence-electron chi connectivity index (χ3n) is 5.66. The number of sulfone groups is 1. The zero-order valence-electron chi connectivity index (χ0n) is 16.7. The van der Waals surface area contributed by atoms with Crippen molar-refractivity contribution in [2.75, 3.05) is 7.11 Å². The van der Waals surface area contributed by atoms with Crippen LogP contribution in [-0.2, 0) is 9.84 Å². The van der Waals surface area contributed by atoms with Gasteiger partial charge in [-0.25, -0.2) is 8.42 Å². The Kier molecular flexibility index (Phi) is 5.75. The maximum Gasteiger partial charge on any atom is 0.185 e. The van der Waals surface area contributed by atoms with Crippen LogP contribution in [-0.4, -0.2) is 32.0 Å². The van der Waals surface area contributed by atoms with E-state index in [1.54, 1.807) is 43.5 Å². The van der Waals surface area contributed by atoms with Crippen LogP contribution in [0.5, 0.6) is 5.75 Å². The lowest BCUT2D eigenvalue weighted by atomic mass is 9.80. The van der Waals surface area contributed by atoms with Gasteiger partial charge in [-0.1, -0.05) is 66.7 Å². The Morgan fingerprint density at radius 3 is 2.07 bits per heavy atom. The van der Waals surface area contributed by atoms with Crippen LogP contribution in [0.15, 0.2) is 95.9 Å². The smallest absolute Gasteiger partial charge is 0.185 e. The highest BCUT2D eigenvalue weighted by molar-refractivity contribution is 7.92. The molecular weight excluding hydrogens is 396 g/mol. The van der Waals surface area contributed by atoms with Gasteiger partial charge in [0.2, 0.25) is 0 Å². The molecule has 3 atom stereocenters. The number of methoxy groups -OCH3 is 1. The average molecular weight is 421 g/mol. The normalized spacial score (nSPS) is 21.7. The highest BCUT2D eigenvalue weighted by Crippen LogP contribution is 2.41. The zero-order valence-corrected chi connectivity index (χ0v) is 17.5. The number of hydrogen-bond donors (Lipinski definition) is 1. The highest BCUT2D eigenvalue weighted by Gasteiger charge is 2.40. The van der Waals surface area contributed by atoms with E-state index >= 15 is 0 Å². The molecule has 0 spiro atoms. The van der Waals surface area contributed by atoms with Crippen molar-refractivity contribution >= 4 is 15.4 Å². The van der Waals surface area contributed by atoms with E-state index in [0.717, 1.165) is 11.1 Å². The first-order valence-corrected chi connectivity index (χ1v) is 11.4. The molecule has 0 saturated heterocycles. The first kappa shape index (κ1) is 20.4. The van der Waals surface area contributed by atoms with E-state index in [9.17, 15) is 13.5 Å². The van der Waals surface area contributed by atoms with Crippen molar-refractivity contribution in [1.82, 2.24) is 0 Å². The second-order valence-corrected chi connectivity index (χ2v) is 9.55. The van der Waals surface area contributed by atoms with E-state index in [1.807, 2.05) is 54.6 Å². The molecule has 30 heavy (non-hydrogen) atoms. The summed E-state index contributed by atoms with van der Waals surface area (Å²) in [6, 6.07) is 25.4. The minimum atomic E-state index is -3.66. The van der Waals surface area contributed by atoms with Crippen LogP contribution in [0.2, 0.25) is 0 Å². The Morgan fingerprint density at radius 1 is 0.867 bits per heavy atom. The van der Waals surface area contributed by atoms with Crippen LogP contribution in [0.25, 0.3) is 5.57 Å². The third kappa shape index (κ3) is 3.91. The maximum absolute atomic E-state index is 13.6. The van der Waals surface area contributed by atoms with E-state index in [2.05, 4.69) is 0 Å². The van der Waals surface area contributed by atoms with Gasteiger partial charge >= 0.3 is 0 Å². The standard InChI is InChI=1S/C25H24O4S/c1-29-20-14-12-19(13-15-20)23-16-24(26)22(18-8-4-2-5-9-18)17-25(23)30(27,28)21-10-6-3-7-11-21/h2-15,17,23-26H,16H2,1H3. The van der Waals surface area contributed by atoms with Gasteiger partial charge in [-0.2, -0.15) is 0 Å². The summed E-state index contributed by atoms with van der Waals surface area (Å²) in [6.45, 7) is 0. The molecule has 1 N–H and O–H groups in total. The molecule has 0 aliphatic heterocycles. The van der Waals surface area contributed by atoms with Crippen LogP contribution in [0.1, 0.15) is 23.5 Å². The summed E-state index contributed by atoms with van der Waals surface area (Å²) in [4.78, 5) is 0.286. The first-order chi connectivity index (χ1) is 14.5. The fourth-order valence-electron chi connectivity index (χ4n) is 4.08. The Balaban J connectivity index is 1.84. The number of aliphatic hydroxyl groups is 1. The second kappa shape index (κ2) is 8.46. The van der Waals surface area contributed by atoms with Gasteiger partial charge in [0.15, 0.2) is 9.84 Å². The number of aliphatic hydroxyl groups excluding tert-OH is 1. The van der Waals surface area contributed by atoms with Crippen molar-refractivity contribution in [3.05, 3.63) is 102 Å². The molecule has 154 valence electrons. The molecule has 4 rings (SSSR count). The van der Waals surface area contributed by atoms with Crippen LogP contribution in [0.3, 0.4) is 0 Å². The first-order valence-electron chi connectivity index (χ1n) is 9.89. The minimum absolute atomic E-state index is 0.286. The quantitative estimate of drug-likeness (QED) is 0.662. The molecule has 4 nitrogen and oxygen atoms in total. The monoisotopic (exact) mass is 420 g/mol. The largest absolute Gasteiger partial charge is 0.497 e. The van der Waals surface area contributed by atoms with Crippen molar-refractivity contribution in [3.63, 3.8) is 0 Å². The summed E-state index contributed by atoms with van der Waals surface area (Å²) in [5, 5.41) is 10.1. The van der Waals surface area contributed by atoms with Gasteiger partial charge in [0, 0.05) is 5.92 Å². The predicted octanol–water partition coefficient (Wildman–Crippen LogP) is 4.47. The maximum atomic E-state index is 13.6. The lowest BCUT2D eigenvalue weighted by molar-refractivity contribution is 0.205. The highest BCUT2D eigenvalue weighted by atomic mass is 32.2. The fraction of sp³-hybridized carbons (Fsp3) is 0.200. The van der Waals surface area contributed by atoms with Gasteiger partial charge in [0.25, 0.3) is 0 Å². The molecule has 0 bridgehead atoms. The number of hydrogen-bond acceptors (Lipinski definition) is 4. The van der Waals surface area contributed by atoms with Crippen LogP contribution >= 0.6 is 0 Å². The molecule has 0 heterocycles. The second-order valence-electron chi connectivity index (χ2n) is 7.44. The Labute approximate surface area is 177 Å². The summed E-state index contributed by atoms with van der Waals surface area (Å²) in [7, 11) is -2.06. The van der Waals surface area contributed by atoms with Gasteiger partial charge in [0.1, 0.15) is 5.75 Å². The molecule has 1 aliphatic rings. The van der Waals surface area contributed by atoms with Crippen molar-refractivity contribution in [3.8, 4) is 5.75 Å². The van der Waals surface area contributed by atoms with Gasteiger partial charge < -0.3 is 9.84 Å². The number of benzene rings is 3. The molecule has 0 fully saturated rings. The molecule has 3 unspecified atom stereocenters. The van der Waals surface area contributed by atoms with Crippen molar-refractivity contribution in [2.45, 2.75) is 28.6 Å². The molecule has 1 aliphatic carbocycles. The van der Waals surface area contributed by atoms with E-state index in [4.69, 9.17) is 4.74 Å². The fourth-order valence-corrected chi connectivity index (χ4v) is 5.95. The summed E-state index contributed by atoms with van der Waals surface area (Å²) < 4.78 is 32.5. The van der Waals surface area contributed by atoms with Crippen molar-refractivity contribution in [1.29, 1.82) is 0 Å². The summed E-state index contributed by atoms with van der Waals surface area (Å²) in [6.07, 6.45) is 1.31. The molecule has 0 amide bonds. The van der Waals surface area contributed by atoms with Gasteiger partial charge in [-0.3, -0.25) is 0 Å². The molecule has 3 aromatic carbocycles. The number of rotatable bonds is 5. The molecule has 3 aromatic rings. The minimum Gasteiger partial charge on any atom is -0.497 e. The molecular formula is C25H24O4S. The lowest BCUT2D eigenvalue weighted by Crippen LogP contribution is -2.34. The third-order valence-corrected chi connectivity index (χ3v) is 7.77. The Hall–Kier alpha value is -2.89. The topological polar surface area (TPSA) is 63.6 Å². The van der Waals surface area contributed by atoms with Gasteiger partial charge in [-0.05, 0) is 47.4 Å². The van der Waals surface area contributed by atoms with Gasteiger partial charge in [-0.15, -0.1) is 0 Å². The molecule has 0 saturated carbocycles. The molecule has 0 radical (unpaired) electrons. The van der Waals surface area contributed by atoms with Crippen molar-refractivity contribution < 1.29 is 18.3 Å². The van der Waals surface area contributed by atoms with E-state index in [-0.39, 0.29) is 10.8 Å². The predicted molar refractivity (Wildman–Crippen MR) is 118 cm³/mol. The zero-order chi connectivity index (χ0) is 21.1. The summed E-state index contributed by atoms with van der Waals surface area (Å²) >= 11 is 0. The lowest BCUT2D eigenvalue weighted by Gasteiger charge is -2.34. The Morgan fingerprint density at radius 2 is 1.47 bits per heavy atom. The summed E-state index contributed by atoms with van der Waals surface area (Å²) in [5.74, 6) is 0.335. The van der Waals surface area contributed by atoms with Crippen LogP contribution in [0, 0.1) is 0 Å². The Bertz CT molecular complexity index is 1120.